The normalized spacial score (nSPS) is 10.7. The molecule has 0 fully saturated rings. The van der Waals surface area contributed by atoms with Crippen LogP contribution in [0.15, 0.2) is 0 Å². The van der Waals surface area contributed by atoms with Gasteiger partial charge in [0.25, 0.3) is 5.91 Å². The molecule has 0 spiro atoms. The lowest BCUT2D eigenvalue weighted by atomic mass is 10.1. The van der Waals surface area contributed by atoms with Crippen molar-refractivity contribution in [1.29, 1.82) is 0 Å². The predicted molar refractivity (Wildman–Crippen MR) is 114 cm³/mol. The molecule has 0 aliphatic carbocycles. The third kappa shape index (κ3) is 8.00. The van der Waals surface area contributed by atoms with Gasteiger partial charge >= 0.3 is 5.97 Å². The zero-order valence-electron chi connectivity index (χ0n) is 17.4. The van der Waals surface area contributed by atoms with Gasteiger partial charge in [0.2, 0.25) is 5.91 Å². The van der Waals surface area contributed by atoms with Crippen LogP contribution < -0.4 is 11.1 Å². The Kier molecular flexibility index (Phi) is 11.5. The van der Waals surface area contributed by atoms with E-state index in [1.54, 1.807) is 13.8 Å². The van der Waals surface area contributed by atoms with Crippen molar-refractivity contribution in [2.45, 2.75) is 85.0 Å². The van der Waals surface area contributed by atoms with Gasteiger partial charge in [-0.2, -0.15) is 0 Å². The molecule has 1 heterocycles. The van der Waals surface area contributed by atoms with Gasteiger partial charge in [-0.25, -0.2) is 4.79 Å². The van der Waals surface area contributed by atoms with Gasteiger partial charge in [0.1, 0.15) is 5.00 Å². The van der Waals surface area contributed by atoms with E-state index in [2.05, 4.69) is 12.2 Å². The lowest BCUT2D eigenvalue weighted by Crippen LogP contribution is -2.14. The first-order valence-electron chi connectivity index (χ1n) is 10.3. The molecule has 1 aromatic rings. The molecule has 0 bridgehead atoms. The van der Waals surface area contributed by atoms with Crippen molar-refractivity contribution >= 4 is 34.1 Å². The van der Waals surface area contributed by atoms with E-state index in [9.17, 15) is 14.4 Å². The highest BCUT2D eigenvalue weighted by Gasteiger charge is 2.25. The number of unbranched alkanes of at least 4 members (excludes halogenated alkanes) is 8. The van der Waals surface area contributed by atoms with E-state index >= 15 is 0 Å². The van der Waals surface area contributed by atoms with Crippen LogP contribution in [0.4, 0.5) is 5.00 Å². The average molecular weight is 411 g/mol. The fourth-order valence-corrected chi connectivity index (χ4v) is 4.13. The van der Waals surface area contributed by atoms with Gasteiger partial charge in [-0.05, 0) is 25.8 Å². The number of esters is 1. The largest absolute Gasteiger partial charge is 0.462 e. The number of carbonyl (C=O) groups excluding carboxylic acids is 3. The molecule has 0 aromatic carbocycles. The summed E-state index contributed by atoms with van der Waals surface area (Å²) in [5.74, 6) is -1.33. The maximum Gasteiger partial charge on any atom is 0.341 e. The number of hydrogen-bond acceptors (Lipinski definition) is 5. The summed E-state index contributed by atoms with van der Waals surface area (Å²) in [5.41, 5.74) is 6.05. The van der Waals surface area contributed by atoms with Crippen LogP contribution in [-0.2, 0) is 9.53 Å². The van der Waals surface area contributed by atoms with Crippen LogP contribution >= 0.6 is 11.3 Å². The van der Waals surface area contributed by atoms with Crippen molar-refractivity contribution in [2.24, 2.45) is 5.73 Å². The third-order valence-electron chi connectivity index (χ3n) is 4.61. The van der Waals surface area contributed by atoms with Crippen molar-refractivity contribution in [3.05, 3.63) is 16.0 Å². The Morgan fingerprint density at radius 1 is 0.964 bits per heavy atom. The SMILES string of the molecule is CCCCCCCCCCCC(=O)Nc1sc(C(N)=O)c(C)c1C(=O)OCC. The van der Waals surface area contributed by atoms with Crippen LogP contribution in [0.25, 0.3) is 0 Å². The monoisotopic (exact) mass is 410 g/mol. The first-order chi connectivity index (χ1) is 13.4. The first-order valence-corrected chi connectivity index (χ1v) is 11.1. The van der Waals surface area contributed by atoms with Crippen molar-refractivity contribution in [3.8, 4) is 0 Å². The number of anilines is 1. The summed E-state index contributed by atoms with van der Waals surface area (Å²) in [7, 11) is 0. The summed E-state index contributed by atoms with van der Waals surface area (Å²) in [4.78, 5) is 36.3. The highest BCUT2D eigenvalue weighted by molar-refractivity contribution is 7.18. The van der Waals surface area contributed by atoms with E-state index in [1.165, 1.54) is 38.5 Å². The Bertz CT molecular complexity index is 655. The number of carbonyl (C=O) groups is 3. The Labute approximate surface area is 172 Å². The van der Waals surface area contributed by atoms with Crippen LogP contribution in [0.2, 0.25) is 0 Å². The van der Waals surface area contributed by atoms with Crippen molar-refractivity contribution in [3.63, 3.8) is 0 Å². The standard InChI is InChI=1S/C21H34N2O4S/c1-4-6-7-8-9-10-11-12-13-14-16(24)23-20-17(21(26)27-5-2)15(3)18(28-20)19(22)25/h4-14H2,1-3H3,(H2,22,25)(H,23,24). The minimum atomic E-state index is -0.618. The number of primary amides is 1. The van der Waals surface area contributed by atoms with Crippen molar-refractivity contribution in [1.82, 2.24) is 0 Å². The average Bonchev–Trinajstić information content (AvgIpc) is 2.96. The van der Waals surface area contributed by atoms with Crippen LogP contribution in [0, 0.1) is 6.92 Å². The van der Waals surface area contributed by atoms with E-state index in [-0.39, 0.29) is 23.0 Å². The maximum atomic E-state index is 12.3. The Balaban J connectivity index is 2.49. The second-order valence-electron chi connectivity index (χ2n) is 6.97. The number of ether oxygens (including phenoxy) is 1. The second-order valence-corrected chi connectivity index (χ2v) is 7.99. The van der Waals surface area contributed by atoms with Gasteiger partial charge in [0.05, 0.1) is 17.0 Å². The summed E-state index contributed by atoms with van der Waals surface area (Å²) in [6, 6.07) is 0. The quantitative estimate of drug-likeness (QED) is 0.325. The Morgan fingerprint density at radius 3 is 2.07 bits per heavy atom. The van der Waals surface area contributed by atoms with E-state index in [1.807, 2.05) is 0 Å². The Hall–Kier alpha value is -1.89. The van der Waals surface area contributed by atoms with Gasteiger partial charge < -0.3 is 15.8 Å². The highest BCUT2D eigenvalue weighted by Crippen LogP contribution is 2.33. The number of rotatable bonds is 14. The number of hydrogen-bond donors (Lipinski definition) is 2. The van der Waals surface area contributed by atoms with Crippen molar-refractivity contribution < 1.29 is 19.1 Å². The zero-order chi connectivity index (χ0) is 20.9. The molecule has 0 saturated heterocycles. The molecule has 0 aliphatic heterocycles. The lowest BCUT2D eigenvalue weighted by molar-refractivity contribution is -0.116. The smallest absolute Gasteiger partial charge is 0.341 e. The topological polar surface area (TPSA) is 98.5 Å². The second kappa shape index (κ2) is 13.3. The third-order valence-corrected chi connectivity index (χ3v) is 5.83. The summed E-state index contributed by atoms with van der Waals surface area (Å²) in [6.07, 6.45) is 11.0. The molecular formula is C21H34N2O4S. The number of nitrogens with two attached hydrogens (primary N) is 1. The number of nitrogens with one attached hydrogen (secondary N) is 1. The molecule has 2 amide bonds. The molecule has 1 aromatic heterocycles. The Morgan fingerprint density at radius 2 is 1.54 bits per heavy atom. The summed E-state index contributed by atoms with van der Waals surface area (Å²) in [5, 5.41) is 3.10. The van der Waals surface area contributed by atoms with Crippen molar-refractivity contribution in [2.75, 3.05) is 11.9 Å². The molecule has 158 valence electrons. The molecule has 28 heavy (non-hydrogen) atoms. The van der Waals surface area contributed by atoms with Crippen LogP contribution in [0.3, 0.4) is 0 Å². The van der Waals surface area contributed by atoms with E-state index in [0.717, 1.165) is 30.6 Å². The van der Waals surface area contributed by atoms with Crippen LogP contribution in [0.5, 0.6) is 0 Å². The molecule has 0 atom stereocenters. The molecule has 3 N–H and O–H groups in total. The fourth-order valence-electron chi connectivity index (χ4n) is 3.07. The summed E-state index contributed by atoms with van der Waals surface area (Å²) < 4.78 is 5.05. The van der Waals surface area contributed by atoms with Gasteiger partial charge in [0.15, 0.2) is 0 Å². The van der Waals surface area contributed by atoms with Gasteiger partial charge in [-0.1, -0.05) is 58.3 Å². The van der Waals surface area contributed by atoms with E-state index in [4.69, 9.17) is 10.5 Å². The number of amides is 2. The van der Waals surface area contributed by atoms with E-state index < -0.39 is 11.9 Å². The molecule has 7 heteroatoms. The molecule has 0 unspecified atom stereocenters. The van der Waals surface area contributed by atoms with Crippen LogP contribution in [0.1, 0.15) is 104 Å². The summed E-state index contributed by atoms with van der Waals surface area (Å²) in [6.45, 7) is 5.77. The minimum absolute atomic E-state index is 0.161. The molecule has 1 rings (SSSR count). The highest BCUT2D eigenvalue weighted by atomic mass is 32.1. The van der Waals surface area contributed by atoms with E-state index in [0.29, 0.717) is 17.0 Å². The zero-order valence-corrected chi connectivity index (χ0v) is 18.2. The predicted octanol–water partition coefficient (Wildman–Crippen LogP) is 5.19. The molecule has 0 radical (unpaired) electrons. The van der Waals surface area contributed by atoms with Gasteiger partial charge in [-0.15, -0.1) is 11.3 Å². The summed E-state index contributed by atoms with van der Waals surface area (Å²) >= 11 is 1.03. The first kappa shape index (κ1) is 24.1. The minimum Gasteiger partial charge on any atom is -0.462 e. The molecule has 0 saturated carbocycles. The lowest BCUT2D eigenvalue weighted by Gasteiger charge is -2.07. The molecular weight excluding hydrogens is 376 g/mol. The van der Waals surface area contributed by atoms with Gasteiger partial charge in [0, 0.05) is 6.42 Å². The maximum absolute atomic E-state index is 12.3. The fraction of sp³-hybridized carbons (Fsp3) is 0.667. The van der Waals surface area contributed by atoms with Crippen LogP contribution in [-0.4, -0.2) is 24.4 Å². The number of thiophene rings is 1. The van der Waals surface area contributed by atoms with Gasteiger partial charge in [-0.3, -0.25) is 9.59 Å². The molecule has 6 nitrogen and oxygen atoms in total. The molecule has 0 aliphatic rings.